The average molecular weight is 382 g/mol. The molecule has 1 aliphatic heterocycles. The zero-order valence-corrected chi connectivity index (χ0v) is 15.4. The minimum Gasteiger partial charge on any atom is -0.545 e. The van der Waals surface area contributed by atoms with Crippen molar-refractivity contribution in [2.75, 3.05) is 0 Å². The van der Waals surface area contributed by atoms with Crippen molar-refractivity contribution in [2.24, 2.45) is 0 Å². The molecule has 6 nitrogen and oxygen atoms in total. The molecule has 0 amide bonds. The molecule has 0 spiro atoms. The topological polar surface area (TPSA) is 80.1 Å². The second kappa shape index (κ2) is 6.91. The molecule has 4 aromatic rings. The Hall–Kier alpha value is -3.93. The molecule has 1 aliphatic rings. The normalized spacial score (nSPS) is 14.1. The Kier molecular flexibility index (Phi) is 4.09. The monoisotopic (exact) mass is 382 g/mol. The van der Waals surface area contributed by atoms with Crippen LogP contribution in [0.2, 0.25) is 0 Å². The minimum atomic E-state index is -1.21. The molecule has 0 N–H and O–H groups in total. The van der Waals surface area contributed by atoms with Crippen molar-refractivity contribution in [3.8, 4) is 5.75 Å². The largest absolute Gasteiger partial charge is 0.545 e. The lowest BCUT2D eigenvalue weighted by atomic mass is 9.93. The molecule has 29 heavy (non-hydrogen) atoms. The number of aromatic carboxylic acids is 1. The zero-order chi connectivity index (χ0) is 19.8. The fourth-order valence-corrected chi connectivity index (χ4v) is 3.67. The van der Waals surface area contributed by atoms with Crippen molar-refractivity contribution < 1.29 is 14.6 Å². The molecule has 0 unspecified atom stereocenters. The second-order valence-corrected chi connectivity index (χ2v) is 6.82. The lowest BCUT2D eigenvalue weighted by Gasteiger charge is -2.13. The van der Waals surface area contributed by atoms with Gasteiger partial charge in [-0.3, -0.25) is 4.98 Å². The van der Waals surface area contributed by atoms with Crippen LogP contribution in [-0.2, 0) is 13.2 Å². The van der Waals surface area contributed by atoms with Crippen LogP contribution in [0.15, 0.2) is 73.3 Å². The number of benzene rings is 2. The Labute approximate surface area is 166 Å². The summed E-state index contributed by atoms with van der Waals surface area (Å²) in [6, 6.07) is 14.7. The Morgan fingerprint density at radius 3 is 2.97 bits per heavy atom. The Morgan fingerprint density at radius 1 is 1.17 bits per heavy atom. The highest BCUT2D eigenvalue weighted by Crippen LogP contribution is 2.37. The molecular formula is C23H16N3O3-. The van der Waals surface area contributed by atoms with Crippen molar-refractivity contribution in [1.29, 1.82) is 0 Å². The number of allylic oxidation sites excluding steroid dienone is 1. The smallest absolute Gasteiger partial charge is 0.127 e. The summed E-state index contributed by atoms with van der Waals surface area (Å²) in [5, 5.41) is 11.4. The second-order valence-electron chi connectivity index (χ2n) is 6.82. The number of carboxylic acids is 1. The summed E-state index contributed by atoms with van der Waals surface area (Å²) in [7, 11) is 0. The van der Waals surface area contributed by atoms with Crippen LogP contribution in [0.5, 0.6) is 5.75 Å². The van der Waals surface area contributed by atoms with Gasteiger partial charge in [0.2, 0.25) is 0 Å². The van der Waals surface area contributed by atoms with Crippen LogP contribution in [0, 0.1) is 0 Å². The van der Waals surface area contributed by atoms with Crippen LogP contribution in [0.1, 0.15) is 27.0 Å². The lowest BCUT2D eigenvalue weighted by molar-refractivity contribution is -0.255. The van der Waals surface area contributed by atoms with Crippen LogP contribution >= 0.6 is 0 Å². The quantitative estimate of drug-likeness (QED) is 0.544. The molecule has 0 saturated carbocycles. The predicted octanol–water partition coefficient (Wildman–Crippen LogP) is 2.82. The van der Waals surface area contributed by atoms with Gasteiger partial charge < -0.3 is 19.2 Å². The number of pyridine rings is 1. The summed E-state index contributed by atoms with van der Waals surface area (Å²) in [6.45, 7) is 0.990. The number of fused-ring (bicyclic) bond motifs is 3. The van der Waals surface area contributed by atoms with Crippen molar-refractivity contribution in [3.63, 3.8) is 0 Å². The molecule has 0 atom stereocenters. The average Bonchev–Trinajstić information content (AvgIpc) is 3.09. The Morgan fingerprint density at radius 2 is 2.07 bits per heavy atom. The van der Waals surface area contributed by atoms with E-state index in [4.69, 9.17) is 4.74 Å². The summed E-state index contributed by atoms with van der Waals surface area (Å²) < 4.78 is 7.99. The molecule has 142 valence electrons. The van der Waals surface area contributed by atoms with Crippen molar-refractivity contribution in [3.05, 3.63) is 95.6 Å². The first kappa shape index (κ1) is 17.2. The summed E-state index contributed by atoms with van der Waals surface area (Å²) in [5.74, 6) is -0.560. The van der Waals surface area contributed by atoms with E-state index >= 15 is 0 Å². The SMILES string of the molecule is O=C([O-])c1ccc2c(c1)/C(=C/Cn1cnc3cnccc31)c1ccccc1CO2. The summed E-state index contributed by atoms with van der Waals surface area (Å²) in [6.07, 6.45) is 7.33. The molecule has 3 heterocycles. The molecule has 0 aliphatic carbocycles. The van der Waals surface area contributed by atoms with E-state index in [1.54, 1.807) is 30.9 Å². The number of hydrogen-bond donors (Lipinski definition) is 0. The van der Waals surface area contributed by atoms with E-state index in [2.05, 4.69) is 16.0 Å². The molecule has 0 radical (unpaired) electrons. The summed E-state index contributed by atoms with van der Waals surface area (Å²) in [4.78, 5) is 19.9. The van der Waals surface area contributed by atoms with E-state index in [1.165, 1.54) is 6.07 Å². The molecular weight excluding hydrogens is 366 g/mol. The minimum absolute atomic E-state index is 0.122. The highest BCUT2D eigenvalue weighted by molar-refractivity contribution is 5.91. The molecule has 0 fully saturated rings. The number of imidazole rings is 1. The predicted molar refractivity (Wildman–Crippen MR) is 106 cm³/mol. The van der Waals surface area contributed by atoms with E-state index in [-0.39, 0.29) is 5.56 Å². The molecule has 0 saturated heterocycles. The number of carbonyl (C=O) groups excluding carboxylic acids is 1. The van der Waals surface area contributed by atoms with Gasteiger partial charge in [-0.1, -0.05) is 30.3 Å². The van der Waals surface area contributed by atoms with Gasteiger partial charge in [-0.15, -0.1) is 0 Å². The maximum absolute atomic E-state index is 11.4. The van der Waals surface area contributed by atoms with Crippen LogP contribution < -0.4 is 9.84 Å². The highest BCUT2D eigenvalue weighted by Gasteiger charge is 2.19. The maximum Gasteiger partial charge on any atom is 0.127 e. The van der Waals surface area contributed by atoms with Gasteiger partial charge >= 0.3 is 0 Å². The van der Waals surface area contributed by atoms with Gasteiger partial charge in [-0.2, -0.15) is 0 Å². The molecule has 5 rings (SSSR count). The number of aromatic nitrogens is 3. The summed E-state index contributed by atoms with van der Waals surface area (Å²) in [5.41, 5.74) is 5.66. The van der Waals surface area contributed by atoms with Gasteiger partial charge in [0, 0.05) is 18.3 Å². The van der Waals surface area contributed by atoms with E-state index in [0.717, 1.165) is 33.3 Å². The van der Waals surface area contributed by atoms with Crippen LogP contribution in [-0.4, -0.2) is 20.5 Å². The van der Waals surface area contributed by atoms with Crippen molar-refractivity contribution >= 4 is 22.6 Å². The Balaban J connectivity index is 1.66. The van der Waals surface area contributed by atoms with Gasteiger partial charge in [-0.05, 0) is 46.5 Å². The van der Waals surface area contributed by atoms with Crippen molar-refractivity contribution in [1.82, 2.24) is 14.5 Å². The molecule has 2 aromatic heterocycles. The third-order valence-corrected chi connectivity index (χ3v) is 5.11. The van der Waals surface area contributed by atoms with Gasteiger partial charge in [-0.25, -0.2) is 4.98 Å². The lowest BCUT2D eigenvalue weighted by Crippen LogP contribution is -2.22. The first-order valence-electron chi connectivity index (χ1n) is 9.22. The first-order valence-corrected chi connectivity index (χ1v) is 9.22. The molecule has 2 aromatic carbocycles. The standard InChI is InChI=1S/C23H17N3O3/c27-23(28)15-5-6-22-19(11-15)18(17-4-2-1-3-16(17)13-29-22)8-10-26-14-25-20-12-24-9-7-21(20)26/h1-9,11-12,14H,10,13H2,(H,27,28)/p-1/b18-8+. The van der Waals surface area contributed by atoms with Crippen molar-refractivity contribution in [2.45, 2.75) is 13.2 Å². The maximum atomic E-state index is 11.4. The van der Waals surface area contributed by atoms with E-state index in [0.29, 0.717) is 18.9 Å². The van der Waals surface area contributed by atoms with Crippen LogP contribution in [0.25, 0.3) is 16.6 Å². The van der Waals surface area contributed by atoms with Gasteiger partial charge in [0.25, 0.3) is 0 Å². The number of hydrogen-bond acceptors (Lipinski definition) is 5. The van der Waals surface area contributed by atoms with Crippen LogP contribution in [0.3, 0.4) is 0 Å². The molecule has 6 heteroatoms. The number of rotatable bonds is 3. The first-order chi connectivity index (χ1) is 14.2. The molecule has 0 bridgehead atoms. The van der Waals surface area contributed by atoms with E-state index in [1.807, 2.05) is 34.9 Å². The van der Waals surface area contributed by atoms with Gasteiger partial charge in [0.05, 0.1) is 24.0 Å². The number of carboxylic acid groups (broad SMARTS) is 1. The Bertz CT molecular complexity index is 1270. The fraction of sp³-hybridized carbons (Fsp3) is 0.0870. The fourth-order valence-electron chi connectivity index (χ4n) is 3.67. The van der Waals surface area contributed by atoms with Crippen LogP contribution in [0.4, 0.5) is 0 Å². The van der Waals surface area contributed by atoms with Gasteiger partial charge in [0.1, 0.15) is 17.9 Å². The van der Waals surface area contributed by atoms with E-state index in [9.17, 15) is 9.90 Å². The number of carbonyl (C=O) groups is 1. The number of ether oxygens (including phenoxy) is 1. The third kappa shape index (κ3) is 3.04. The van der Waals surface area contributed by atoms with E-state index < -0.39 is 5.97 Å². The number of nitrogens with zero attached hydrogens (tertiary/aromatic N) is 3. The van der Waals surface area contributed by atoms with Gasteiger partial charge in [0.15, 0.2) is 0 Å². The highest BCUT2D eigenvalue weighted by atomic mass is 16.5. The third-order valence-electron chi connectivity index (χ3n) is 5.11. The summed E-state index contributed by atoms with van der Waals surface area (Å²) >= 11 is 0. The zero-order valence-electron chi connectivity index (χ0n) is 15.4.